The van der Waals surface area contributed by atoms with E-state index in [1.165, 1.54) is 4.31 Å². The van der Waals surface area contributed by atoms with Gasteiger partial charge in [0.15, 0.2) is 0 Å². The van der Waals surface area contributed by atoms with Crippen LogP contribution in [0.25, 0.3) is 11.1 Å². The fourth-order valence-corrected chi connectivity index (χ4v) is 5.91. The van der Waals surface area contributed by atoms with Crippen LogP contribution >= 0.6 is 15.9 Å². The fourth-order valence-electron chi connectivity index (χ4n) is 3.91. The van der Waals surface area contributed by atoms with E-state index in [1.807, 2.05) is 6.07 Å². The van der Waals surface area contributed by atoms with Crippen LogP contribution in [0.4, 0.5) is 5.69 Å². The van der Waals surface area contributed by atoms with E-state index in [2.05, 4.69) is 15.9 Å². The number of nitrogens with two attached hydrogens (primary N) is 1. The van der Waals surface area contributed by atoms with Gasteiger partial charge in [-0.1, -0.05) is 34.1 Å². The standard InChI is InChI=1S/C20H20BrN3O4S/c21-14-5-6-17-16(11-14)15-3-1-2-4-18(15)29(27,28)24(17)12-19(25)23-9-7-13(8-10-23)20(22)26/h1-6,11,13H,7-10,12H2,(H2,22,26). The van der Waals surface area contributed by atoms with Crippen LogP contribution in [-0.4, -0.2) is 44.8 Å². The highest BCUT2D eigenvalue weighted by atomic mass is 79.9. The summed E-state index contributed by atoms with van der Waals surface area (Å²) in [6, 6.07) is 12.1. The molecule has 2 heterocycles. The molecule has 2 N–H and O–H groups in total. The minimum Gasteiger partial charge on any atom is -0.369 e. The zero-order valence-electron chi connectivity index (χ0n) is 15.5. The minimum absolute atomic E-state index is 0.186. The molecular weight excluding hydrogens is 458 g/mol. The highest BCUT2D eigenvalue weighted by molar-refractivity contribution is 9.10. The van der Waals surface area contributed by atoms with E-state index in [9.17, 15) is 18.0 Å². The number of primary amides is 1. The molecule has 2 aliphatic heterocycles. The van der Waals surface area contributed by atoms with Crippen molar-refractivity contribution in [1.29, 1.82) is 0 Å². The molecule has 0 bridgehead atoms. The number of hydrogen-bond acceptors (Lipinski definition) is 4. The number of benzene rings is 2. The van der Waals surface area contributed by atoms with Crippen LogP contribution in [0.3, 0.4) is 0 Å². The lowest BCUT2D eigenvalue weighted by Crippen LogP contribution is -2.47. The van der Waals surface area contributed by atoms with Crippen molar-refractivity contribution in [2.24, 2.45) is 11.7 Å². The topological polar surface area (TPSA) is 101 Å². The van der Waals surface area contributed by atoms with E-state index >= 15 is 0 Å². The first-order chi connectivity index (χ1) is 13.8. The first-order valence-corrected chi connectivity index (χ1v) is 11.5. The highest BCUT2D eigenvalue weighted by Crippen LogP contribution is 2.43. The number of sulfonamides is 1. The highest BCUT2D eigenvalue weighted by Gasteiger charge is 2.37. The molecule has 29 heavy (non-hydrogen) atoms. The van der Waals surface area contributed by atoms with Gasteiger partial charge in [0.1, 0.15) is 6.54 Å². The molecule has 0 atom stereocenters. The normalized spacial score (nSPS) is 18.1. The number of carbonyl (C=O) groups is 2. The summed E-state index contributed by atoms with van der Waals surface area (Å²) in [6.45, 7) is 0.501. The molecule has 9 heteroatoms. The van der Waals surface area contributed by atoms with Crippen LogP contribution in [0.5, 0.6) is 0 Å². The van der Waals surface area contributed by atoms with Crippen LogP contribution in [0, 0.1) is 5.92 Å². The molecule has 4 rings (SSSR count). The maximum atomic E-state index is 13.3. The van der Waals surface area contributed by atoms with Crippen molar-refractivity contribution in [2.75, 3.05) is 23.9 Å². The van der Waals surface area contributed by atoms with Crippen LogP contribution < -0.4 is 10.0 Å². The number of fused-ring (bicyclic) bond motifs is 3. The molecule has 2 aromatic rings. The Kier molecular flexibility index (Phi) is 5.12. The average molecular weight is 478 g/mol. The third-order valence-corrected chi connectivity index (χ3v) is 7.81. The number of carbonyl (C=O) groups excluding carboxylic acids is 2. The number of anilines is 1. The Morgan fingerprint density at radius 3 is 2.45 bits per heavy atom. The van der Waals surface area contributed by atoms with Crippen molar-refractivity contribution >= 4 is 43.5 Å². The van der Waals surface area contributed by atoms with Crippen molar-refractivity contribution in [2.45, 2.75) is 17.7 Å². The van der Waals surface area contributed by atoms with E-state index in [-0.39, 0.29) is 29.2 Å². The summed E-state index contributed by atoms with van der Waals surface area (Å²) in [5, 5.41) is 0. The SMILES string of the molecule is NC(=O)C1CCN(C(=O)CN2c3ccc(Br)cc3-c3ccccc3S2(=O)=O)CC1. The first-order valence-electron chi connectivity index (χ1n) is 9.28. The van der Waals surface area contributed by atoms with Crippen molar-refractivity contribution < 1.29 is 18.0 Å². The third-order valence-electron chi connectivity index (χ3n) is 5.50. The number of rotatable bonds is 3. The number of amides is 2. The number of likely N-dealkylation sites (tertiary alicyclic amines) is 1. The van der Waals surface area contributed by atoms with Gasteiger partial charge in [-0.15, -0.1) is 0 Å². The summed E-state index contributed by atoms with van der Waals surface area (Å²) in [7, 11) is -3.87. The van der Waals surface area contributed by atoms with Gasteiger partial charge >= 0.3 is 0 Å². The number of halogens is 1. The summed E-state index contributed by atoms with van der Waals surface area (Å²) < 4.78 is 28.6. The maximum absolute atomic E-state index is 13.3. The van der Waals surface area contributed by atoms with E-state index in [1.54, 1.807) is 41.3 Å². The Bertz CT molecular complexity index is 1090. The molecule has 0 saturated carbocycles. The van der Waals surface area contributed by atoms with Gasteiger partial charge in [-0.25, -0.2) is 8.42 Å². The molecule has 2 aromatic carbocycles. The molecule has 0 aliphatic carbocycles. The van der Waals surface area contributed by atoms with Crippen molar-refractivity contribution in [3.8, 4) is 11.1 Å². The van der Waals surface area contributed by atoms with Gasteiger partial charge in [0, 0.05) is 34.6 Å². The molecule has 2 amide bonds. The molecule has 152 valence electrons. The molecular formula is C20H20BrN3O4S. The minimum atomic E-state index is -3.87. The van der Waals surface area contributed by atoms with E-state index in [0.29, 0.717) is 37.2 Å². The van der Waals surface area contributed by atoms with Crippen molar-refractivity contribution in [1.82, 2.24) is 4.90 Å². The smallest absolute Gasteiger partial charge is 0.265 e. The molecule has 0 spiro atoms. The van der Waals surface area contributed by atoms with Gasteiger partial charge in [0.05, 0.1) is 10.6 Å². The Morgan fingerprint density at radius 1 is 1.07 bits per heavy atom. The Balaban J connectivity index is 1.66. The summed E-state index contributed by atoms with van der Waals surface area (Å²) in [4.78, 5) is 26.0. The molecule has 1 saturated heterocycles. The summed E-state index contributed by atoms with van der Waals surface area (Å²) in [5.41, 5.74) is 7.20. The van der Waals surface area contributed by atoms with Gasteiger partial charge < -0.3 is 10.6 Å². The van der Waals surface area contributed by atoms with Crippen molar-refractivity contribution in [3.05, 3.63) is 46.9 Å². The second kappa shape index (κ2) is 7.46. The summed E-state index contributed by atoms with van der Waals surface area (Å²) in [6.07, 6.45) is 1.00. The lowest BCUT2D eigenvalue weighted by Gasteiger charge is -2.35. The maximum Gasteiger partial charge on any atom is 0.265 e. The second-order valence-electron chi connectivity index (χ2n) is 7.23. The zero-order chi connectivity index (χ0) is 20.8. The van der Waals surface area contributed by atoms with E-state index in [0.717, 1.165) is 10.0 Å². The molecule has 7 nitrogen and oxygen atoms in total. The lowest BCUT2D eigenvalue weighted by atomic mass is 9.96. The lowest BCUT2D eigenvalue weighted by molar-refractivity contribution is -0.133. The predicted molar refractivity (Wildman–Crippen MR) is 113 cm³/mol. The number of hydrogen-bond donors (Lipinski definition) is 1. The molecule has 1 fully saturated rings. The number of nitrogens with zero attached hydrogens (tertiary/aromatic N) is 2. The number of piperidine rings is 1. The Hall–Kier alpha value is -2.39. The largest absolute Gasteiger partial charge is 0.369 e. The van der Waals surface area contributed by atoms with Crippen LogP contribution in [0.15, 0.2) is 51.8 Å². The second-order valence-corrected chi connectivity index (χ2v) is 9.97. The van der Waals surface area contributed by atoms with Gasteiger partial charge in [0.2, 0.25) is 11.8 Å². The molecule has 0 unspecified atom stereocenters. The predicted octanol–water partition coefficient (Wildman–Crippen LogP) is 2.35. The monoisotopic (exact) mass is 477 g/mol. The Labute approximate surface area is 177 Å². The van der Waals surface area contributed by atoms with Crippen molar-refractivity contribution in [3.63, 3.8) is 0 Å². The zero-order valence-corrected chi connectivity index (χ0v) is 17.9. The summed E-state index contributed by atoms with van der Waals surface area (Å²) in [5.74, 6) is -0.876. The third kappa shape index (κ3) is 3.53. The fraction of sp³-hybridized carbons (Fsp3) is 0.300. The van der Waals surface area contributed by atoms with Gasteiger partial charge in [-0.2, -0.15) is 0 Å². The van der Waals surface area contributed by atoms with Crippen LogP contribution in [-0.2, 0) is 19.6 Å². The van der Waals surface area contributed by atoms with E-state index in [4.69, 9.17) is 5.73 Å². The van der Waals surface area contributed by atoms with Gasteiger partial charge in [-0.05, 0) is 37.1 Å². The average Bonchev–Trinajstić information content (AvgIpc) is 2.71. The summed E-state index contributed by atoms with van der Waals surface area (Å²) >= 11 is 3.44. The van der Waals surface area contributed by atoms with Crippen LogP contribution in [0.1, 0.15) is 12.8 Å². The van der Waals surface area contributed by atoms with Gasteiger partial charge in [-0.3, -0.25) is 13.9 Å². The van der Waals surface area contributed by atoms with Crippen LogP contribution in [0.2, 0.25) is 0 Å². The van der Waals surface area contributed by atoms with E-state index < -0.39 is 10.0 Å². The molecule has 2 aliphatic rings. The Morgan fingerprint density at radius 2 is 1.76 bits per heavy atom. The quantitative estimate of drug-likeness (QED) is 0.732. The van der Waals surface area contributed by atoms with Gasteiger partial charge in [0.25, 0.3) is 10.0 Å². The molecule has 0 radical (unpaired) electrons. The first kappa shape index (κ1) is 19.9. The molecule has 0 aromatic heterocycles.